The van der Waals surface area contributed by atoms with Crippen LogP contribution in [-0.4, -0.2) is 24.3 Å². The minimum absolute atomic E-state index is 0.0608. The first kappa shape index (κ1) is 10.4. The molecule has 1 aliphatic heterocycles. The van der Waals surface area contributed by atoms with E-state index in [0.29, 0.717) is 22.6 Å². The highest BCUT2D eigenvalue weighted by molar-refractivity contribution is 9.10. The minimum atomic E-state index is -0.511. The number of nitrogens with one attached hydrogen (secondary N) is 1. The Hall–Kier alpha value is -1.14. The summed E-state index contributed by atoms with van der Waals surface area (Å²) in [7, 11) is 0. The molecule has 1 aliphatic rings. The van der Waals surface area contributed by atoms with Crippen LogP contribution in [0.25, 0.3) is 0 Å². The van der Waals surface area contributed by atoms with E-state index in [2.05, 4.69) is 26.2 Å². The molecule has 1 heterocycles. The fraction of sp³-hybridized carbons (Fsp3) is 0.222. The maximum Gasteiger partial charge on any atom is 0.223 e. The Kier molecular flexibility index (Phi) is 2.88. The molecular formula is C9H9BrFN3O. The molecule has 0 unspecified atom stereocenters. The predicted molar refractivity (Wildman–Crippen MR) is 58.7 cm³/mol. The van der Waals surface area contributed by atoms with Gasteiger partial charge >= 0.3 is 0 Å². The van der Waals surface area contributed by atoms with E-state index in [1.165, 1.54) is 6.07 Å². The lowest BCUT2D eigenvalue weighted by atomic mass is 10.3. The zero-order valence-corrected chi connectivity index (χ0v) is 9.33. The summed E-state index contributed by atoms with van der Waals surface area (Å²) in [5.41, 5.74) is 0.0608. The van der Waals surface area contributed by atoms with Gasteiger partial charge in [-0.25, -0.2) is 9.38 Å². The van der Waals surface area contributed by atoms with E-state index in [1.807, 2.05) is 0 Å². The molecule has 6 heteroatoms. The molecule has 1 aromatic carbocycles. The van der Waals surface area contributed by atoms with Crippen molar-refractivity contribution in [2.75, 3.05) is 18.2 Å². The highest BCUT2D eigenvalue weighted by Crippen LogP contribution is 2.28. The number of rotatable bonds is 1. The average molecular weight is 274 g/mol. The van der Waals surface area contributed by atoms with Gasteiger partial charge < -0.3 is 5.32 Å². The molecule has 4 nitrogen and oxygen atoms in total. The lowest BCUT2D eigenvalue weighted by Gasteiger charge is -2.18. The van der Waals surface area contributed by atoms with E-state index >= 15 is 0 Å². The molecule has 0 saturated carbocycles. The Morgan fingerprint density at radius 3 is 2.93 bits per heavy atom. The van der Waals surface area contributed by atoms with Gasteiger partial charge in [-0.05, 0) is 28.1 Å². The fourth-order valence-corrected chi connectivity index (χ4v) is 1.83. The van der Waals surface area contributed by atoms with Crippen LogP contribution in [0.15, 0.2) is 27.7 Å². The van der Waals surface area contributed by atoms with E-state index in [0.717, 1.165) is 0 Å². The maximum atomic E-state index is 13.4. The Morgan fingerprint density at radius 1 is 1.53 bits per heavy atom. The number of para-hydroxylation sites is 1. The summed E-state index contributed by atoms with van der Waals surface area (Å²) < 4.78 is 13.9. The number of nitrogens with zero attached hydrogens (tertiary/aromatic N) is 2. The van der Waals surface area contributed by atoms with Gasteiger partial charge in [-0.1, -0.05) is 6.07 Å². The SMILES string of the molecule is ON(C1=NCCN1)c1c(F)cccc1Br. The van der Waals surface area contributed by atoms with Crippen molar-refractivity contribution in [3.63, 3.8) is 0 Å². The molecule has 1 aromatic rings. The molecule has 0 amide bonds. The highest BCUT2D eigenvalue weighted by atomic mass is 79.9. The molecule has 15 heavy (non-hydrogen) atoms. The number of anilines is 1. The summed E-state index contributed by atoms with van der Waals surface area (Å²) >= 11 is 3.17. The van der Waals surface area contributed by atoms with E-state index in [-0.39, 0.29) is 11.6 Å². The molecule has 0 atom stereocenters. The summed E-state index contributed by atoms with van der Waals surface area (Å²) in [4.78, 5) is 3.99. The number of aliphatic imine (C=N–C) groups is 1. The largest absolute Gasteiger partial charge is 0.352 e. The molecule has 2 rings (SSSR count). The molecule has 2 N–H and O–H groups in total. The van der Waals surface area contributed by atoms with Gasteiger partial charge in [0.25, 0.3) is 0 Å². The van der Waals surface area contributed by atoms with Crippen molar-refractivity contribution < 1.29 is 9.60 Å². The third-order valence-corrected chi connectivity index (χ3v) is 2.65. The highest BCUT2D eigenvalue weighted by Gasteiger charge is 2.19. The van der Waals surface area contributed by atoms with Crippen molar-refractivity contribution in [1.82, 2.24) is 5.32 Å². The lowest BCUT2D eigenvalue weighted by molar-refractivity contribution is 0.304. The Morgan fingerprint density at radius 2 is 2.33 bits per heavy atom. The van der Waals surface area contributed by atoms with E-state index < -0.39 is 5.82 Å². The quantitative estimate of drug-likeness (QED) is 0.767. The molecule has 0 saturated heterocycles. The summed E-state index contributed by atoms with van der Waals surface area (Å²) in [6.07, 6.45) is 0. The smallest absolute Gasteiger partial charge is 0.223 e. The zero-order valence-electron chi connectivity index (χ0n) is 7.74. The van der Waals surface area contributed by atoms with Crippen LogP contribution in [0, 0.1) is 5.82 Å². The summed E-state index contributed by atoms with van der Waals surface area (Å²) in [6, 6.07) is 4.48. The first-order chi connectivity index (χ1) is 7.20. The predicted octanol–water partition coefficient (Wildman–Crippen LogP) is 1.74. The van der Waals surface area contributed by atoms with Crippen LogP contribution in [0.3, 0.4) is 0 Å². The lowest BCUT2D eigenvalue weighted by Crippen LogP contribution is -2.36. The number of benzene rings is 1. The standard InChI is InChI=1S/C9H9BrFN3O/c10-6-2-1-3-7(11)8(6)14(15)9-12-4-5-13-9/h1-3,15H,4-5H2,(H,12,13). The van der Waals surface area contributed by atoms with Crippen LogP contribution in [0.5, 0.6) is 0 Å². The summed E-state index contributed by atoms with van der Waals surface area (Å²) in [5.74, 6) is -0.246. The second-order valence-corrected chi connectivity index (χ2v) is 3.87. The molecule has 0 spiro atoms. The van der Waals surface area contributed by atoms with Crippen molar-refractivity contribution in [1.29, 1.82) is 0 Å². The van der Waals surface area contributed by atoms with Crippen LogP contribution in [0.4, 0.5) is 10.1 Å². The molecule has 0 bridgehead atoms. The Bertz CT molecular complexity index is 390. The molecular weight excluding hydrogens is 265 g/mol. The second-order valence-electron chi connectivity index (χ2n) is 3.01. The average Bonchev–Trinajstić information content (AvgIpc) is 2.69. The first-order valence-electron chi connectivity index (χ1n) is 4.41. The summed E-state index contributed by atoms with van der Waals surface area (Å²) in [5, 5.41) is 13.3. The van der Waals surface area contributed by atoms with Gasteiger partial charge in [0.2, 0.25) is 5.96 Å². The third-order valence-electron chi connectivity index (χ3n) is 2.01. The van der Waals surface area contributed by atoms with Crippen LogP contribution in [0.2, 0.25) is 0 Å². The zero-order chi connectivity index (χ0) is 10.8. The fourth-order valence-electron chi connectivity index (χ4n) is 1.32. The third kappa shape index (κ3) is 1.95. The first-order valence-corrected chi connectivity index (χ1v) is 5.21. The van der Waals surface area contributed by atoms with E-state index in [1.54, 1.807) is 12.1 Å². The van der Waals surface area contributed by atoms with Gasteiger partial charge in [0.1, 0.15) is 5.69 Å². The number of halogens is 2. The van der Waals surface area contributed by atoms with Crippen LogP contribution < -0.4 is 10.4 Å². The normalized spacial score (nSPS) is 14.7. The van der Waals surface area contributed by atoms with Gasteiger partial charge in [0, 0.05) is 11.0 Å². The molecule has 80 valence electrons. The summed E-state index contributed by atoms with van der Waals surface area (Å²) in [6.45, 7) is 1.23. The monoisotopic (exact) mass is 273 g/mol. The second kappa shape index (κ2) is 4.16. The van der Waals surface area contributed by atoms with E-state index in [4.69, 9.17) is 0 Å². The number of hydrogen-bond acceptors (Lipinski definition) is 4. The van der Waals surface area contributed by atoms with Gasteiger partial charge in [0.05, 0.1) is 6.54 Å². The van der Waals surface area contributed by atoms with E-state index in [9.17, 15) is 9.60 Å². The minimum Gasteiger partial charge on any atom is -0.352 e. The maximum absolute atomic E-state index is 13.4. The molecule has 0 radical (unpaired) electrons. The van der Waals surface area contributed by atoms with Crippen molar-refractivity contribution in [3.8, 4) is 0 Å². The topological polar surface area (TPSA) is 47.9 Å². The Labute approximate surface area is 94.5 Å². The van der Waals surface area contributed by atoms with Crippen molar-refractivity contribution >= 4 is 27.6 Å². The van der Waals surface area contributed by atoms with Crippen molar-refractivity contribution in [2.24, 2.45) is 4.99 Å². The number of hydrogen-bond donors (Lipinski definition) is 2. The van der Waals surface area contributed by atoms with Gasteiger partial charge in [-0.15, -0.1) is 0 Å². The molecule has 0 aromatic heterocycles. The molecule has 0 aliphatic carbocycles. The van der Waals surface area contributed by atoms with Crippen molar-refractivity contribution in [2.45, 2.75) is 0 Å². The molecule has 0 fully saturated rings. The van der Waals surface area contributed by atoms with Crippen LogP contribution >= 0.6 is 15.9 Å². The van der Waals surface area contributed by atoms with Gasteiger partial charge in [0.15, 0.2) is 5.82 Å². The van der Waals surface area contributed by atoms with Gasteiger partial charge in [-0.2, -0.15) is 5.06 Å². The van der Waals surface area contributed by atoms with Crippen LogP contribution in [-0.2, 0) is 0 Å². The number of guanidine groups is 1. The number of hydroxylamine groups is 1. The van der Waals surface area contributed by atoms with Gasteiger partial charge in [-0.3, -0.25) is 5.21 Å². The van der Waals surface area contributed by atoms with Crippen molar-refractivity contribution in [3.05, 3.63) is 28.5 Å². The van der Waals surface area contributed by atoms with Crippen LogP contribution in [0.1, 0.15) is 0 Å². The Balaban J connectivity index is 2.36.